The van der Waals surface area contributed by atoms with Gasteiger partial charge in [0.2, 0.25) is 0 Å². The maximum atomic E-state index is 6.13. The zero-order chi connectivity index (χ0) is 7.90. The Morgan fingerprint density at radius 2 is 2.18 bits per heavy atom. The molecule has 0 radical (unpaired) electrons. The van der Waals surface area contributed by atoms with Crippen LogP contribution >= 0.6 is 27.3 Å². The molecule has 0 saturated heterocycles. The molecule has 0 unspecified atom stereocenters. The maximum Gasteiger partial charge on any atom is 0.0702 e. The molecule has 1 aliphatic carbocycles. The van der Waals surface area contributed by atoms with Crippen molar-refractivity contribution < 1.29 is 0 Å². The molecule has 1 heterocycles. The zero-order valence-electron chi connectivity index (χ0n) is 6.14. The van der Waals surface area contributed by atoms with E-state index < -0.39 is 0 Å². The first-order valence-electron chi connectivity index (χ1n) is 3.75. The summed E-state index contributed by atoms with van der Waals surface area (Å²) in [4.78, 5) is 1.33. The highest BCUT2D eigenvalue weighted by molar-refractivity contribution is 9.11. The fraction of sp³-hybridized carbons (Fsp3) is 0.500. The normalized spacial score (nSPS) is 21.3. The third-order valence-electron chi connectivity index (χ3n) is 2.31. The van der Waals surface area contributed by atoms with Gasteiger partial charge < -0.3 is 5.73 Å². The molecule has 1 aromatic heterocycles. The van der Waals surface area contributed by atoms with Crippen molar-refractivity contribution in [1.82, 2.24) is 0 Å². The summed E-state index contributed by atoms with van der Waals surface area (Å²) in [7, 11) is 0. The third-order valence-corrected chi connectivity index (χ3v) is 4.15. The summed E-state index contributed by atoms with van der Waals surface area (Å²) in [6.45, 7) is 0. The van der Waals surface area contributed by atoms with E-state index >= 15 is 0 Å². The molecule has 2 rings (SSSR count). The fourth-order valence-corrected chi connectivity index (χ4v) is 2.93. The van der Waals surface area contributed by atoms with Crippen LogP contribution in [0, 0.1) is 0 Å². The Bertz CT molecular complexity index is 265. The van der Waals surface area contributed by atoms with Crippen molar-refractivity contribution in [3.63, 3.8) is 0 Å². The molecule has 0 atom stereocenters. The quantitative estimate of drug-likeness (QED) is 0.791. The summed E-state index contributed by atoms with van der Waals surface area (Å²) >= 11 is 5.20. The molecule has 0 amide bonds. The summed E-state index contributed by atoms with van der Waals surface area (Å²) in [6, 6.07) is 4.21. The van der Waals surface area contributed by atoms with Gasteiger partial charge in [0.05, 0.1) is 9.33 Å². The van der Waals surface area contributed by atoms with Crippen LogP contribution in [0.15, 0.2) is 15.9 Å². The molecule has 2 N–H and O–H groups in total. The monoisotopic (exact) mass is 231 g/mol. The minimum absolute atomic E-state index is 0.0245. The van der Waals surface area contributed by atoms with Gasteiger partial charge in [-0.05, 0) is 47.3 Å². The summed E-state index contributed by atoms with van der Waals surface area (Å²) in [6.07, 6.45) is 3.59. The van der Waals surface area contributed by atoms with Gasteiger partial charge in [-0.1, -0.05) is 0 Å². The summed E-state index contributed by atoms with van der Waals surface area (Å²) in [5.74, 6) is 0. The van der Waals surface area contributed by atoms with Crippen LogP contribution in [0.25, 0.3) is 0 Å². The lowest BCUT2D eigenvalue weighted by molar-refractivity contribution is 0.259. The van der Waals surface area contributed by atoms with Crippen LogP contribution in [-0.4, -0.2) is 0 Å². The maximum absolute atomic E-state index is 6.13. The van der Waals surface area contributed by atoms with Crippen LogP contribution in [0.3, 0.4) is 0 Å². The minimum atomic E-state index is 0.0245. The van der Waals surface area contributed by atoms with Gasteiger partial charge in [-0.2, -0.15) is 0 Å². The summed E-state index contributed by atoms with van der Waals surface area (Å²) < 4.78 is 1.18. The average molecular weight is 232 g/mol. The lowest BCUT2D eigenvalue weighted by Gasteiger charge is -2.37. The van der Waals surface area contributed by atoms with E-state index in [1.54, 1.807) is 11.3 Å². The predicted molar refractivity (Wildman–Crippen MR) is 51.7 cm³/mol. The zero-order valence-corrected chi connectivity index (χ0v) is 8.54. The van der Waals surface area contributed by atoms with Gasteiger partial charge in [0.25, 0.3) is 0 Å². The number of rotatable bonds is 1. The molecule has 1 aliphatic rings. The number of hydrogen-bond donors (Lipinski definition) is 1. The van der Waals surface area contributed by atoms with Crippen LogP contribution in [0.5, 0.6) is 0 Å². The highest BCUT2D eigenvalue weighted by atomic mass is 79.9. The van der Waals surface area contributed by atoms with Crippen molar-refractivity contribution in [2.24, 2.45) is 5.73 Å². The molecule has 0 spiro atoms. The molecular weight excluding hydrogens is 222 g/mol. The summed E-state index contributed by atoms with van der Waals surface area (Å²) in [5.41, 5.74) is 6.15. The highest BCUT2D eigenvalue weighted by Crippen LogP contribution is 2.42. The van der Waals surface area contributed by atoms with Crippen molar-refractivity contribution >= 4 is 27.3 Å². The summed E-state index contributed by atoms with van der Waals surface area (Å²) in [5, 5.41) is 0. The smallest absolute Gasteiger partial charge is 0.0702 e. The van der Waals surface area contributed by atoms with Gasteiger partial charge >= 0.3 is 0 Å². The Morgan fingerprint density at radius 3 is 2.55 bits per heavy atom. The Kier molecular flexibility index (Phi) is 1.82. The first-order chi connectivity index (χ1) is 5.21. The molecular formula is C8H10BrNS. The van der Waals surface area contributed by atoms with Gasteiger partial charge in [-0.15, -0.1) is 11.3 Å². The van der Waals surface area contributed by atoms with Gasteiger partial charge in [-0.3, -0.25) is 0 Å². The molecule has 0 bridgehead atoms. The van der Waals surface area contributed by atoms with Crippen LogP contribution in [0.4, 0.5) is 0 Å². The van der Waals surface area contributed by atoms with E-state index in [0.717, 1.165) is 12.8 Å². The standard InChI is InChI=1S/C8H10BrNS/c9-7-3-2-6(11-7)8(10)4-1-5-8/h2-3H,1,4-5,10H2. The van der Waals surface area contributed by atoms with Gasteiger partial charge in [0.1, 0.15) is 0 Å². The first-order valence-corrected chi connectivity index (χ1v) is 5.36. The van der Waals surface area contributed by atoms with Crippen molar-refractivity contribution in [3.05, 3.63) is 20.8 Å². The van der Waals surface area contributed by atoms with E-state index in [-0.39, 0.29) is 5.54 Å². The fourth-order valence-electron chi connectivity index (χ4n) is 1.39. The van der Waals surface area contributed by atoms with Crippen LogP contribution in [0.2, 0.25) is 0 Å². The Labute approximate surface area is 78.7 Å². The second-order valence-corrected chi connectivity index (χ2v) is 5.58. The molecule has 1 fully saturated rings. The van der Waals surface area contributed by atoms with E-state index in [4.69, 9.17) is 5.73 Å². The topological polar surface area (TPSA) is 26.0 Å². The van der Waals surface area contributed by atoms with Crippen molar-refractivity contribution in [3.8, 4) is 0 Å². The number of halogens is 1. The number of hydrogen-bond acceptors (Lipinski definition) is 2. The van der Waals surface area contributed by atoms with E-state index in [1.807, 2.05) is 0 Å². The largest absolute Gasteiger partial charge is 0.321 e. The van der Waals surface area contributed by atoms with Gasteiger partial charge in [-0.25, -0.2) is 0 Å². The Morgan fingerprint density at radius 1 is 1.45 bits per heavy atom. The first kappa shape index (κ1) is 7.77. The minimum Gasteiger partial charge on any atom is -0.321 e. The molecule has 1 saturated carbocycles. The molecule has 1 nitrogen and oxygen atoms in total. The van der Waals surface area contributed by atoms with E-state index in [2.05, 4.69) is 28.1 Å². The van der Waals surface area contributed by atoms with E-state index in [9.17, 15) is 0 Å². The van der Waals surface area contributed by atoms with Crippen molar-refractivity contribution in [2.75, 3.05) is 0 Å². The van der Waals surface area contributed by atoms with E-state index in [1.165, 1.54) is 15.1 Å². The molecule has 11 heavy (non-hydrogen) atoms. The lowest BCUT2D eigenvalue weighted by Crippen LogP contribution is -2.42. The predicted octanol–water partition coefficient (Wildman–Crippen LogP) is 2.85. The van der Waals surface area contributed by atoms with Crippen molar-refractivity contribution in [1.29, 1.82) is 0 Å². The number of thiophene rings is 1. The number of nitrogens with two attached hydrogens (primary N) is 1. The second-order valence-electron chi connectivity index (χ2n) is 3.11. The molecule has 60 valence electrons. The average Bonchev–Trinajstić information content (AvgIpc) is 2.31. The van der Waals surface area contributed by atoms with Gasteiger partial charge in [0.15, 0.2) is 0 Å². The highest BCUT2D eigenvalue weighted by Gasteiger charge is 2.35. The molecule has 3 heteroatoms. The SMILES string of the molecule is NC1(c2ccc(Br)s2)CCC1. The second kappa shape index (κ2) is 2.57. The van der Waals surface area contributed by atoms with Gasteiger partial charge in [0, 0.05) is 4.88 Å². The molecule has 0 aromatic carbocycles. The van der Waals surface area contributed by atoms with Crippen LogP contribution in [-0.2, 0) is 5.54 Å². The lowest BCUT2D eigenvalue weighted by atomic mass is 9.77. The Hall–Kier alpha value is 0.140. The Balaban J connectivity index is 2.28. The van der Waals surface area contributed by atoms with Crippen LogP contribution in [0.1, 0.15) is 24.1 Å². The van der Waals surface area contributed by atoms with Crippen LogP contribution < -0.4 is 5.73 Å². The van der Waals surface area contributed by atoms with E-state index in [0.29, 0.717) is 0 Å². The molecule has 1 aromatic rings. The molecule has 0 aliphatic heterocycles. The van der Waals surface area contributed by atoms with Crippen molar-refractivity contribution in [2.45, 2.75) is 24.8 Å². The third kappa shape index (κ3) is 1.25.